The smallest absolute Gasteiger partial charge is 0.0685 e. The van der Waals surface area contributed by atoms with Gasteiger partial charge in [-0.25, -0.2) is 0 Å². The largest absolute Gasteiger partial charge is 0.375 e. The maximum Gasteiger partial charge on any atom is 0.0685 e. The summed E-state index contributed by atoms with van der Waals surface area (Å²) in [6.07, 6.45) is 18.3. The van der Waals surface area contributed by atoms with Crippen LogP contribution in [0.2, 0.25) is 0 Å². The van der Waals surface area contributed by atoms with Gasteiger partial charge in [0, 0.05) is 12.6 Å². The van der Waals surface area contributed by atoms with Crippen molar-refractivity contribution in [3.05, 3.63) is 0 Å². The Balaban J connectivity index is 1.50. The van der Waals surface area contributed by atoms with E-state index in [1.54, 1.807) is 0 Å². The fourth-order valence-corrected chi connectivity index (χ4v) is 5.28. The number of hydrogen-bond donors (Lipinski definition) is 1. The van der Waals surface area contributed by atoms with E-state index in [1.807, 2.05) is 0 Å². The van der Waals surface area contributed by atoms with Crippen LogP contribution in [0.5, 0.6) is 0 Å². The Labute approximate surface area is 131 Å². The van der Waals surface area contributed by atoms with Gasteiger partial charge in [-0.1, -0.05) is 44.9 Å². The van der Waals surface area contributed by atoms with Crippen molar-refractivity contribution >= 4 is 0 Å². The quantitative estimate of drug-likeness (QED) is 0.795. The van der Waals surface area contributed by atoms with Crippen LogP contribution in [0.1, 0.15) is 83.5 Å². The van der Waals surface area contributed by atoms with E-state index in [9.17, 15) is 0 Å². The van der Waals surface area contributed by atoms with E-state index in [4.69, 9.17) is 4.74 Å². The predicted octanol–water partition coefficient (Wildman–Crippen LogP) is 4.67. The molecule has 1 aliphatic heterocycles. The molecular weight excluding hydrogens is 258 g/mol. The third kappa shape index (κ3) is 4.01. The average Bonchev–Trinajstić information content (AvgIpc) is 2.97. The molecule has 0 aromatic heterocycles. The highest BCUT2D eigenvalue weighted by Crippen LogP contribution is 2.43. The first-order valence-corrected chi connectivity index (χ1v) is 9.62. The van der Waals surface area contributed by atoms with Crippen LogP contribution in [-0.2, 0) is 4.74 Å². The van der Waals surface area contributed by atoms with E-state index in [0.717, 1.165) is 24.5 Å². The number of rotatable bonds is 5. The molecule has 0 amide bonds. The van der Waals surface area contributed by atoms with Crippen LogP contribution in [0.4, 0.5) is 0 Å². The van der Waals surface area contributed by atoms with Gasteiger partial charge in [-0.15, -0.1) is 0 Å². The molecule has 0 radical (unpaired) electrons. The molecule has 3 fully saturated rings. The van der Waals surface area contributed by atoms with E-state index in [1.165, 1.54) is 83.5 Å². The molecule has 2 unspecified atom stereocenters. The fourth-order valence-electron chi connectivity index (χ4n) is 5.28. The van der Waals surface area contributed by atoms with Crippen molar-refractivity contribution in [3.63, 3.8) is 0 Å². The monoisotopic (exact) mass is 293 g/mol. The molecule has 0 bridgehead atoms. The first-order chi connectivity index (χ1) is 10.3. The number of nitrogens with one attached hydrogen (secondary N) is 1. The fraction of sp³-hybridized carbons (Fsp3) is 1.00. The van der Waals surface area contributed by atoms with E-state index in [0.29, 0.717) is 0 Å². The van der Waals surface area contributed by atoms with Crippen LogP contribution in [0.25, 0.3) is 0 Å². The Kier molecular flexibility index (Phi) is 5.61. The highest BCUT2D eigenvalue weighted by atomic mass is 16.5. The summed E-state index contributed by atoms with van der Waals surface area (Å²) < 4.78 is 6.22. The van der Waals surface area contributed by atoms with Crippen LogP contribution >= 0.6 is 0 Å². The lowest BCUT2D eigenvalue weighted by Crippen LogP contribution is -2.45. The van der Waals surface area contributed by atoms with Gasteiger partial charge in [0.2, 0.25) is 0 Å². The molecule has 21 heavy (non-hydrogen) atoms. The molecule has 0 aromatic carbocycles. The molecule has 0 aromatic rings. The normalized spacial score (nSPS) is 31.6. The van der Waals surface area contributed by atoms with Gasteiger partial charge in [-0.3, -0.25) is 0 Å². The van der Waals surface area contributed by atoms with Gasteiger partial charge in [0.15, 0.2) is 0 Å². The second-order valence-corrected chi connectivity index (χ2v) is 7.97. The van der Waals surface area contributed by atoms with Crippen LogP contribution in [0.3, 0.4) is 0 Å². The minimum absolute atomic E-state index is 0.281. The second-order valence-electron chi connectivity index (χ2n) is 7.97. The van der Waals surface area contributed by atoms with Gasteiger partial charge in [0.25, 0.3) is 0 Å². The van der Waals surface area contributed by atoms with Crippen molar-refractivity contribution in [2.24, 2.45) is 11.8 Å². The van der Waals surface area contributed by atoms with Crippen molar-refractivity contribution in [3.8, 4) is 0 Å². The predicted molar refractivity (Wildman–Crippen MR) is 88.5 cm³/mol. The Morgan fingerprint density at radius 2 is 1.81 bits per heavy atom. The lowest BCUT2D eigenvalue weighted by Gasteiger charge is -2.41. The van der Waals surface area contributed by atoms with Gasteiger partial charge in [0.1, 0.15) is 0 Å². The summed E-state index contributed by atoms with van der Waals surface area (Å²) in [6.45, 7) is 1.01. The molecule has 1 saturated heterocycles. The van der Waals surface area contributed by atoms with Gasteiger partial charge in [-0.05, 0) is 57.4 Å². The third-order valence-corrected chi connectivity index (χ3v) is 6.60. The zero-order chi connectivity index (χ0) is 14.5. The summed E-state index contributed by atoms with van der Waals surface area (Å²) in [5.74, 6) is 1.88. The summed E-state index contributed by atoms with van der Waals surface area (Å²) in [5, 5.41) is 3.66. The highest BCUT2D eigenvalue weighted by molar-refractivity contribution is 4.94. The van der Waals surface area contributed by atoms with Crippen molar-refractivity contribution < 1.29 is 4.74 Å². The first kappa shape index (κ1) is 15.8. The van der Waals surface area contributed by atoms with Gasteiger partial charge < -0.3 is 10.1 Å². The standard InChI is InChI=1S/C19H35NO/c1-20-18(10-9-16-7-3-2-4-8-16)17-11-14-21-19(15-17)12-5-6-13-19/h16-18,20H,2-15H2,1H3. The molecule has 1 spiro atoms. The summed E-state index contributed by atoms with van der Waals surface area (Å²) >= 11 is 0. The lowest BCUT2D eigenvalue weighted by atomic mass is 9.77. The summed E-state index contributed by atoms with van der Waals surface area (Å²) in [4.78, 5) is 0. The van der Waals surface area contributed by atoms with Crippen LogP contribution < -0.4 is 5.32 Å². The SMILES string of the molecule is CNC(CCC1CCCCC1)C1CCOC2(CCCC2)C1. The molecule has 2 nitrogen and oxygen atoms in total. The van der Waals surface area contributed by atoms with Gasteiger partial charge >= 0.3 is 0 Å². The first-order valence-electron chi connectivity index (χ1n) is 9.62. The molecule has 122 valence electrons. The number of hydrogen-bond acceptors (Lipinski definition) is 2. The summed E-state index contributed by atoms with van der Waals surface area (Å²) in [5.41, 5.74) is 0.281. The molecule has 2 aliphatic carbocycles. The number of ether oxygens (including phenoxy) is 1. The summed E-state index contributed by atoms with van der Waals surface area (Å²) in [7, 11) is 2.18. The van der Waals surface area contributed by atoms with Crippen LogP contribution in [0.15, 0.2) is 0 Å². The van der Waals surface area contributed by atoms with E-state index < -0.39 is 0 Å². The van der Waals surface area contributed by atoms with Crippen molar-refractivity contribution in [2.75, 3.05) is 13.7 Å². The van der Waals surface area contributed by atoms with Gasteiger partial charge in [-0.2, -0.15) is 0 Å². The molecular formula is C19H35NO. The highest BCUT2D eigenvalue weighted by Gasteiger charge is 2.41. The molecule has 2 saturated carbocycles. The maximum atomic E-state index is 6.22. The van der Waals surface area contributed by atoms with Crippen LogP contribution in [0, 0.1) is 11.8 Å². The molecule has 2 heteroatoms. The maximum absolute atomic E-state index is 6.22. The minimum Gasteiger partial charge on any atom is -0.375 e. The molecule has 1 N–H and O–H groups in total. The van der Waals surface area contributed by atoms with Crippen molar-refractivity contribution in [1.29, 1.82) is 0 Å². The zero-order valence-corrected chi connectivity index (χ0v) is 14.0. The average molecular weight is 293 g/mol. The lowest BCUT2D eigenvalue weighted by molar-refractivity contribution is -0.0981. The van der Waals surface area contributed by atoms with E-state index >= 15 is 0 Å². The Morgan fingerprint density at radius 1 is 1.05 bits per heavy atom. The summed E-state index contributed by atoms with van der Waals surface area (Å²) in [6, 6.07) is 0.730. The molecule has 3 aliphatic rings. The molecule has 3 rings (SSSR count). The van der Waals surface area contributed by atoms with Crippen LogP contribution in [-0.4, -0.2) is 25.3 Å². The van der Waals surface area contributed by atoms with Crippen molar-refractivity contribution in [2.45, 2.75) is 95.1 Å². The van der Waals surface area contributed by atoms with E-state index in [-0.39, 0.29) is 5.60 Å². The minimum atomic E-state index is 0.281. The Bertz CT molecular complexity index is 305. The van der Waals surface area contributed by atoms with E-state index in [2.05, 4.69) is 12.4 Å². The molecule has 1 heterocycles. The van der Waals surface area contributed by atoms with Crippen molar-refractivity contribution in [1.82, 2.24) is 5.32 Å². The topological polar surface area (TPSA) is 21.3 Å². The Morgan fingerprint density at radius 3 is 2.52 bits per heavy atom. The Hall–Kier alpha value is -0.0800. The molecule has 2 atom stereocenters. The zero-order valence-electron chi connectivity index (χ0n) is 14.0. The second kappa shape index (κ2) is 7.46. The third-order valence-electron chi connectivity index (χ3n) is 6.60. The van der Waals surface area contributed by atoms with Gasteiger partial charge in [0.05, 0.1) is 5.60 Å².